The number of aromatic nitrogens is 2. The Morgan fingerprint density at radius 1 is 0.844 bits per heavy atom. The van der Waals surface area contributed by atoms with Crippen molar-refractivity contribution in [3.8, 4) is 5.75 Å². The van der Waals surface area contributed by atoms with Gasteiger partial charge in [-0.2, -0.15) is 0 Å². The molecule has 32 heavy (non-hydrogen) atoms. The molecule has 6 nitrogen and oxygen atoms in total. The average Bonchev–Trinajstić information content (AvgIpc) is 2.82. The first-order valence-electron chi connectivity index (χ1n) is 11.2. The molecule has 1 aromatic carbocycles. The molecule has 1 fully saturated rings. The largest absolute Gasteiger partial charge is 0.415 e. The van der Waals surface area contributed by atoms with Crippen LogP contribution in [0.2, 0.25) is 0 Å². The van der Waals surface area contributed by atoms with Gasteiger partial charge in [0.25, 0.3) is 0 Å². The first kappa shape index (κ1) is 22.0. The fourth-order valence-electron chi connectivity index (χ4n) is 3.73. The van der Waals surface area contributed by atoms with Crippen LogP contribution in [-0.2, 0) is 12.8 Å². The molecule has 4 rings (SSSR count). The van der Waals surface area contributed by atoms with Gasteiger partial charge in [0.1, 0.15) is 5.75 Å². The fourth-order valence-corrected chi connectivity index (χ4v) is 3.73. The maximum absolute atomic E-state index is 12.6. The molecule has 0 saturated carbocycles. The van der Waals surface area contributed by atoms with E-state index in [1.807, 2.05) is 56.6 Å². The predicted octanol–water partition coefficient (Wildman–Crippen LogP) is 4.04. The topological polar surface area (TPSA) is 58.6 Å². The second-order valence-corrected chi connectivity index (χ2v) is 8.42. The van der Waals surface area contributed by atoms with E-state index in [4.69, 9.17) is 4.74 Å². The maximum atomic E-state index is 12.6. The Morgan fingerprint density at radius 2 is 1.47 bits per heavy atom. The van der Waals surface area contributed by atoms with Crippen LogP contribution in [0.25, 0.3) is 0 Å². The molecular formula is C26H30N4O2. The van der Waals surface area contributed by atoms with Crippen molar-refractivity contribution in [1.82, 2.24) is 19.8 Å². The Labute approximate surface area is 189 Å². The molecule has 1 amide bonds. The molecule has 1 aliphatic rings. The molecular weight excluding hydrogens is 400 g/mol. The molecule has 1 aliphatic heterocycles. The van der Waals surface area contributed by atoms with Crippen molar-refractivity contribution < 1.29 is 9.53 Å². The minimum Gasteiger partial charge on any atom is -0.410 e. The Balaban J connectivity index is 1.21. The number of aryl methyl sites for hydroxylation is 2. The first-order valence-corrected chi connectivity index (χ1v) is 11.2. The number of rotatable bonds is 6. The standard InChI is InChI=1S/C26H30N4O2/c1-20-3-7-23(27-18-20)11-12-29-13-15-30(16-14-29)26(31)32-25-9-5-22(6-10-25)17-24-8-4-21(2)19-28-24/h3-10,18-19H,11-17H2,1-2H3. The van der Waals surface area contributed by atoms with Crippen molar-refractivity contribution >= 4 is 6.09 Å². The molecule has 6 heteroatoms. The van der Waals surface area contributed by atoms with Crippen molar-refractivity contribution in [3.05, 3.63) is 89.0 Å². The number of hydrogen-bond donors (Lipinski definition) is 0. The van der Waals surface area contributed by atoms with E-state index in [2.05, 4.69) is 33.1 Å². The number of pyridine rings is 2. The van der Waals surface area contributed by atoms with Crippen LogP contribution in [0.4, 0.5) is 4.79 Å². The fraction of sp³-hybridized carbons (Fsp3) is 0.346. The zero-order chi connectivity index (χ0) is 22.3. The predicted molar refractivity (Wildman–Crippen MR) is 125 cm³/mol. The maximum Gasteiger partial charge on any atom is 0.415 e. The number of nitrogens with zero attached hydrogens (tertiary/aromatic N) is 4. The number of piperazine rings is 1. The van der Waals surface area contributed by atoms with E-state index >= 15 is 0 Å². The number of amides is 1. The Morgan fingerprint density at radius 3 is 2.06 bits per heavy atom. The summed E-state index contributed by atoms with van der Waals surface area (Å²) in [7, 11) is 0. The lowest BCUT2D eigenvalue weighted by Gasteiger charge is -2.33. The molecule has 0 aliphatic carbocycles. The minimum absolute atomic E-state index is 0.280. The van der Waals surface area contributed by atoms with Crippen LogP contribution in [0, 0.1) is 13.8 Å². The summed E-state index contributed by atoms with van der Waals surface area (Å²) in [5.41, 5.74) is 5.60. The van der Waals surface area contributed by atoms with Gasteiger partial charge in [-0.15, -0.1) is 0 Å². The highest BCUT2D eigenvalue weighted by atomic mass is 16.6. The first-order chi connectivity index (χ1) is 15.5. The summed E-state index contributed by atoms with van der Waals surface area (Å²) < 4.78 is 5.59. The highest BCUT2D eigenvalue weighted by Gasteiger charge is 2.22. The molecule has 3 aromatic rings. The summed E-state index contributed by atoms with van der Waals surface area (Å²) in [6.45, 7) is 8.09. The van der Waals surface area contributed by atoms with Crippen LogP contribution < -0.4 is 4.74 Å². The van der Waals surface area contributed by atoms with Crippen molar-refractivity contribution in [2.45, 2.75) is 26.7 Å². The van der Waals surface area contributed by atoms with Gasteiger partial charge in [-0.05, 0) is 54.8 Å². The van der Waals surface area contributed by atoms with Gasteiger partial charge in [-0.1, -0.05) is 24.3 Å². The van der Waals surface area contributed by atoms with Gasteiger partial charge < -0.3 is 9.64 Å². The number of benzene rings is 1. The summed E-state index contributed by atoms with van der Waals surface area (Å²) in [4.78, 5) is 25.6. The number of ether oxygens (including phenoxy) is 1. The molecule has 166 valence electrons. The lowest BCUT2D eigenvalue weighted by atomic mass is 10.1. The molecule has 0 unspecified atom stereocenters. The third-order valence-electron chi connectivity index (χ3n) is 5.77. The average molecular weight is 431 g/mol. The number of hydrogen-bond acceptors (Lipinski definition) is 5. The SMILES string of the molecule is Cc1ccc(CCN2CCN(C(=O)Oc3ccc(Cc4ccc(C)cn4)cc3)CC2)nc1. The van der Waals surface area contributed by atoms with Gasteiger partial charge >= 0.3 is 6.09 Å². The highest BCUT2D eigenvalue weighted by Crippen LogP contribution is 2.16. The number of carbonyl (C=O) groups excluding carboxylic acids is 1. The van der Waals surface area contributed by atoms with Gasteiger partial charge in [0.05, 0.1) is 0 Å². The smallest absolute Gasteiger partial charge is 0.410 e. The molecule has 0 atom stereocenters. The van der Waals surface area contributed by atoms with Gasteiger partial charge in [0.15, 0.2) is 0 Å². The third kappa shape index (κ3) is 6.14. The van der Waals surface area contributed by atoms with Gasteiger partial charge in [0, 0.05) is 69.3 Å². The molecule has 0 radical (unpaired) electrons. The zero-order valence-electron chi connectivity index (χ0n) is 18.8. The lowest BCUT2D eigenvalue weighted by molar-refractivity contribution is 0.111. The van der Waals surface area contributed by atoms with E-state index in [0.29, 0.717) is 18.8 Å². The second kappa shape index (κ2) is 10.4. The van der Waals surface area contributed by atoms with Crippen molar-refractivity contribution in [2.24, 2.45) is 0 Å². The van der Waals surface area contributed by atoms with Crippen LogP contribution in [0.5, 0.6) is 5.75 Å². The van der Waals surface area contributed by atoms with E-state index in [1.165, 1.54) is 5.56 Å². The summed E-state index contributed by atoms with van der Waals surface area (Å²) in [5, 5.41) is 0. The van der Waals surface area contributed by atoms with Crippen LogP contribution in [-0.4, -0.2) is 58.6 Å². The van der Waals surface area contributed by atoms with Crippen LogP contribution in [0.1, 0.15) is 28.1 Å². The normalized spacial score (nSPS) is 14.4. The molecule has 2 aromatic heterocycles. The van der Waals surface area contributed by atoms with E-state index in [9.17, 15) is 4.79 Å². The molecule has 0 N–H and O–H groups in total. The van der Waals surface area contributed by atoms with Crippen LogP contribution in [0.3, 0.4) is 0 Å². The van der Waals surface area contributed by atoms with E-state index in [0.717, 1.165) is 55.0 Å². The summed E-state index contributed by atoms with van der Waals surface area (Å²) in [5.74, 6) is 0.573. The quantitative estimate of drug-likeness (QED) is 0.591. The monoisotopic (exact) mass is 430 g/mol. The van der Waals surface area contributed by atoms with E-state index < -0.39 is 0 Å². The van der Waals surface area contributed by atoms with E-state index in [1.54, 1.807) is 4.90 Å². The lowest BCUT2D eigenvalue weighted by Crippen LogP contribution is -2.49. The van der Waals surface area contributed by atoms with Crippen LogP contribution in [0.15, 0.2) is 60.9 Å². The van der Waals surface area contributed by atoms with Gasteiger partial charge in [-0.25, -0.2) is 4.79 Å². The summed E-state index contributed by atoms with van der Waals surface area (Å²) >= 11 is 0. The number of carbonyl (C=O) groups is 1. The molecule has 0 spiro atoms. The summed E-state index contributed by atoms with van der Waals surface area (Å²) in [6.07, 6.45) is 5.20. The third-order valence-corrected chi connectivity index (χ3v) is 5.77. The Hall–Kier alpha value is -3.25. The minimum atomic E-state index is -0.280. The van der Waals surface area contributed by atoms with Crippen molar-refractivity contribution in [3.63, 3.8) is 0 Å². The molecule has 0 bridgehead atoms. The second-order valence-electron chi connectivity index (χ2n) is 8.42. The zero-order valence-corrected chi connectivity index (χ0v) is 18.8. The molecule has 3 heterocycles. The van der Waals surface area contributed by atoms with Crippen molar-refractivity contribution in [2.75, 3.05) is 32.7 Å². The Kier molecular flexibility index (Phi) is 7.12. The van der Waals surface area contributed by atoms with Crippen molar-refractivity contribution in [1.29, 1.82) is 0 Å². The molecule has 1 saturated heterocycles. The van der Waals surface area contributed by atoms with Gasteiger partial charge in [0.2, 0.25) is 0 Å². The van der Waals surface area contributed by atoms with Crippen LogP contribution >= 0.6 is 0 Å². The summed E-state index contributed by atoms with van der Waals surface area (Å²) in [6, 6.07) is 16.0. The Bertz CT molecular complexity index is 1010. The van der Waals surface area contributed by atoms with Gasteiger partial charge in [-0.3, -0.25) is 14.9 Å². The van der Waals surface area contributed by atoms with E-state index in [-0.39, 0.29) is 6.09 Å². The highest BCUT2D eigenvalue weighted by molar-refractivity contribution is 5.70.